The summed E-state index contributed by atoms with van der Waals surface area (Å²) < 4.78 is 0. The first-order chi connectivity index (χ1) is 8.33. The maximum Gasteiger partial charge on any atom is 0.101 e. The third-order valence-electron chi connectivity index (χ3n) is 2.42. The normalized spacial score (nSPS) is 9.29. The summed E-state index contributed by atoms with van der Waals surface area (Å²) in [5.41, 5.74) is 2.76. The summed E-state index contributed by atoms with van der Waals surface area (Å²) in [7, 11) is 0. The van der Waals surface area contributed by atoms with Crippen molar-refractivity contribution in [2.45, 2.75) is 6.54 Å². The number of aromatic nitrogens is 1. The van der Waals surface area contributed by atoms with E-state index in [1.807, 2.05) is 30.6 Å². The van der Waals surface area contributed by atoms with Crippen LogP contribution in [-0.4, -0.2) is 4.98 Å². The predicted octanol–water partition coefficient (Wildman–Crippen LogP) is 2.37. The van der Waals surface area contributed by atoms with E-state index in [2.05, 4.69) is 10.3 Å². The molecule has 2 N–H and O–H groups in total. The summed E-state index contributed by atoms with van der Waals surface area (Å²) in [6, 6.07) is 11.1. The van der Waals surface area contributed by atoms with Crippen LogP contribution in [0, 0.1) is 22.7 Å². The summed E-state index contributed by atoms with van der Waals surface area (Å²) in [6.07, 6.45) is 3.76. The number of aromatic amines is 1. The van der Waals surface area contributed by atoms with Crippen molar-refractivity contribution >= 4 is 5.69 Å². The number of benzene rings is 1. The highest BCUT2D eigenvalue weighted by Gasteiger charge is 2.02. The van der Waals surface area contributed by atoms with Gasteiger partial charge >= 0.3 is 0 Å². The van der Waals surface area contributed by atoms with Gasteiger partial charge in [0.2, 0.25) is 0 Å². The molecule has 0 spiro atoms. The molecule has 0 unspecified atom stereocenters. The maximum atomic E-state index is 8.89. The van der Waals surface area contributed by atoms with Gasteiger partial charge in [-0.2, -0.15) is 10.5 Å². The molecule has 0 bridgehead atoms. The molecular weight excluding hydrogens is 212 g/mol. The number of anilines is 1. The molecular formula is C13H10N4. The standard InChI is InChI=1S/C13H10N4/c14-6-11-1-2-13(5-12(11)7-15)17-9-10-3-4-16-8-10/h1-5,8,16-17H,9H2. The van der Waals surface area contributed by atoms with E-state index in [1.165, 1.54) is 0 Å². The van der Waals surface area contributed by atoms with E-state index in [9.17, 15) is 0 Å². The van der Waals surface area contributed by atoms with Crippen LogP contribution in [0.3, 0.4) is 0 Å². The summed E-state index contributed by atoms with van der Waals surface area (Å²) in [6.45, 7) is 0.681. The Morgan fingerprint density at radius 2 is 1.94 bits per heavy atom. The van der Waals surface area contributed by atoms with Crippen molar-refractivity contribution in [2.75, 3.05) is 5.32 Å². The highest BCUT2D eigenvalue weighted by molar-refractivity contribution is 5.56. The molecule has 0 fully saturated rings. The zero-order valence-electron chi connectivity index (χ0n) is 9.07. The molecule has 0 aliphatic heterocycles. The van der Waals surface area contributed by atoms with Gasteiger partial charge in [0.1, 0.15) is 12.1 Å². The van der Waals surface area contributed by atoms with E-state index >= 15 is 0 Å². The van der Waals surface area contributed by atoms with Crippen LogP contribution in [0.5, 0.6) is 0 Å². The van der Waals surface area contributed by atoms with Gasteiger partial charge in [-0.25, -0.2) is 0 Å². The minimum absolute atomic E-state index is 0.395. The van der Waals surface area contributed by atoms with Crippen LogP contribution in [-0.2, 0) is 6.54 Å². The predicted molar refractivity (Wildman–Crippen MR) is 64.0 cm³/mol. The van der Waals surface area contributed by atoms with E-state index in [1.54, 1.807) is 18.2 Å². The number of nitrogens with zero attached hydrogens (tertiary/aromatic N) is 2. The molecule has 82 valence electrons. The molecule has 4 nitrogen and oxygen atoms in total. The Hall–Kier alpha value is -2.72. The van der Waals surface area contributed by atoms with Gasteiger partial charge in [0.15, 0.2) is 0 Å². The van der Waals surface area contributed by atoms with E-state index in [4.69, 9.17) is 10.5 Å². The second-order valence-corrected chi connectivity index (χ2v) is 3.56. The third-order valence-corrected chi connectivity index (χ3v) is 2.42. The molecule has 4 heteroatoms. The van der Waals surface area contributed by atoms with Crippen molar-refractivity contribution in [3.63, 3.8) is 0 Å². The fraction of sp³-hybridized carbons (Fsp3) is 0.0769. The lowest BCUT2D eigenvalue weighted by atomic mass is 10.1. The molecule has 17 heavy (non-hydrogen) atoms. The lowest BCUT2D eigenvalue weighted by Crippen LogP contribution is -1.99. The molecule has 0 radical (unpaired) electrons. The van der Waals surface area contributed by atoms with Crippen molar-refractivity contribution in [3.8, 4) is 12.1 Å². The molecule has 1 aromatic heterocycles. The van der Waals surface area contributed by atoms with Crippen molar-refractivity contribution in [3.05, 3.63) is 53.3 Å². The Kier molecular flexibility index (Phi) is 3.09. The average molecular weight is 222 g/mol. The number of H-pyrrole nitrogens is 1. The van der Waals surface area contributed by atoms with Gasteiger partial charge < -0.3 is 10.3 Å². The number of hydrogen-bond donors (Lipinski definition) is 2. The first-order valence-electron chi connectivity index (χ1n) is 5.13. The van der Waals surface area contributed by atoms with Crippen LogP contribution in [0.15, 0.2) is 36.7 Å². The smallest absolute Gasteiger partial charge is 0.101 e. The zero-order chi connectivity index (χ0) is 12.1. The topological polar surface area (TPSA) is 75.4 Å². The monoisotopic (exact) mass is 222 g/mol. The highest BCUT2D eigenvalue weighted by Crippen LogP contribution is 2.15. The number of nitrogens with one attached hydrogen (secondary N) is 2. The minimum atomic E-state index is 0.395. The molecule has 0 saturated carbocycles. The molecule has 2 aromatic rings. The van der Waals surface area contributed by atoms with Gasteiger partial charge in [-0.15, -0.1) is 0 Å². The van der Waals surface area contributed by atoms with Crippen molar-refractivity contribution in [1.82, 2.24) is 4.98 Å². The van der Waals surface area contributed by atoms with E-state index in [-0.39, 0.29) is 0 Å². The Morgan fingerprint density at radius 1 is 1.12 bits per heavy atom. The van der Waals surface area contributed by atoms with Gasteiger partial charge in [-0.05, 0) is 29.8 Å². The Labute approximate surface area is 99.1 Å². The van der Waals surface area contributed by atoms with Crippen LogP contribution >= 0.6 is 0 Å². The SMILES string of the molecule is N#Cc1ccc(NCc2cc[nH]c2)cc1C#N. The van der Waals surface area contributed by atoms with Crippen LogP contribution in [0.1, 0.15) is 16.7 Å². The second kappa shape index (κ2) is 4.87. The summed E-state index contributed by atoms with van der Waals surface area (Å²) in [5, 5.41) is 20.9. The Balaban J connectivity index is 2.13. The van der Waals surface area contributed by atoms with E-state index in [0.717, 1.165) is 11.3 Å². The van der Waals surface area contributed by atoms with Crippen LogP contribution in [0.4, 0.5) is 5.69 Å². The van der Waals surface area contributed by atoms with E-state index in [0.29, 0.717) is 17.7 Å². The second-order valence-electron chi connectivity index (χ2n) is 3.56. The molecule has 0 amide bonds. The van der Waals surface area contributed by atoms with Gasteiger partial charge in [0.25, 0.3) is 0 Å². The number of hydrogen-bond acceptors (Lipinski definition) is 3. The Bertz CT molecular complexity index is 585. The lowest BCUT2D eigenvalue weighted by molar-refractivity contribution is 1.15. The molecule has 0 atom stereocenters. The number of rotatable bonds is 3. The summed E-state index contributed by atoms with van der Waals surface area (Å²) in [5.74, 6) is 0. The average Bonchev–Trinajstić information content (AvgIpc) is 2.89. The van der Waals surface area contributed by atoms with Crippen molar-refractivity contribution < 1.29 is 0 Å². The van der Waals surface area contributed by atoms with Crippen LogP contribution in [0.25, 0.3) is 0 Å². The first-order valence-corrected chi connectivity index (χ1v) is 5.13. The van der Waals surface area contributed by atoms with Gasteiger partial charge in [0.05, 0.1) is 11.1 Å². The van der Waals surface area contributed by atoms with E-state index < -0.39 is 0 Å². The fourth-order valence-corrected chi connectivity index (χ4v) is 1.52. The summed E-state index contributed by atoms with van der Waals surface area (Å²) >= 11 is 0. The summed E-state index contributed by atoms with van der Waals surface area (Å²) in [4.78, 5) is 2.97. The van der Waals surface area contributed by atoms with Gasteiger partial charge in [0, 0.05) is 24.6 Å². The molecule has 1 heterocycles. The largest absolute Gasteiger partial charge is 0.381 e. The molecule has 0 saturated heterocycles. The molecule has 0 aliphatic carbocycles. The maximum absolute atomic E-state index is 8.89. The number of nitriles is 2. The molecule has 2 rings (SSSR count). The third kappa shape index (κ3) is 2.45. The van der Waals surface area contributed by atoms with Crippen molar-refractivity contribution in [2.24, 2.45) is 0 Å². The van der Waals surface area contributed by atoms with Crippen LogP contribution in [0.2, 0.25) is 0 Å². The van der Waals surface area contributed by atoms with Crippen LogP contribution < -0.4 is 5.32 Å². The Morgan fingerprint density at radius 3 is 2.59 bits per heavy atom. The minimum Gasteiger partial charge on any atom is -0.381 e. The molecule has 0 aliphatic rings. The fourth-order valence-electron chi connectivity index (χ4n) is 1.52. The van der Waals surface area contributed by atoms with Gasteiger partial charge in [-0.1, -0.05) is 0 Å². The van der Waals surface area contributed by atoms with Crippen molar-refractivity contribution in [1.29, 1.82) is 10.5 Å². The first kappa shape index (κ1) is 10.8. The lowest BCUT2D eigenvalue weighted by Gasteiger charge is -2.05. The quantitative estimate of drug-likeness (QED) is 0.837. The zero-order valence-corrected chi connectivity index (χ0v) is 9.07. The highest BCUT2D eigenvalue weighted by atomic mass is 14.9. The molecule has 1 aromatic carbocycles. The van der Waals surface area contributed by atoms with Gasteiger partial charge in [-0.3, -0.25) is 0 Å².